The average Bonchev–Trinajstić information content (AvgIpc) is 2.86. The quantitative estimate of drug-likeness (QED) is 0.470. The highest BCUT2D eigenvalue weighted by Gasteiger charge is 2.17. The van der Waals surface area contributed by atoms with Gasteiger partial charge in [-0.3, -0.25) is 24.6 Å². The van der Waals surface area contributed by atoms with Crippen molar-refractivity contribution in [3.63, 3.8) is 0 Å². The summed E-state index contributed by atoms with van der Waals surface area (Å²) in [5.41, 5.74) is 0.836. The van der Waals surface area contributed by atoms with Crippen molar-refractivity contribution < 1.29 is 9.72 Å². The van der Waals surface area contributed by atoms with Gasteiger partial charge in [-0.1, -0.05) is 12.1 Å². The first-order chi connectivity index (χ1) is 8.65. The van der Waals surface area contributed by atoms with Crippen LogP contribution in [0.15, 0.2) is 42.6 Å². The number of carbonyl (C=O) groups excluding carboxylic acids is 1. The van der Waals surface area contributed by atoms with Gasteiger partial charge in [-0.25, -0.2) is 0 Å². The van der Waals surface area contributed by atoms with Gasteiger partial charge in [-0.2, -0.15) is 0 Å². The predicted octanol–water partition coefficient (Wildman–Crippen LogP) is 2.11. The number of rotatable bonds is 4. The third-order valence-corrected chi connectivity index (χ3v) is 2.63. The molecule has 0 saturated heterocycles. The zero-order valence-electron chi connectivity index (χ0n) is 9.69. The molecular weight excluding hydrogens is 234 g/mol. The molecule has 0 fully saturated rings. The van der Waals surface area contributed by atoms with Crippen LogP contribution < -0.4 is 5.01 Å². The molecule has 0 bridgehead atoms. The molecule has 0 unspecified atom stereocenters. The molecule has 0 radical (unpaired) electrons. The number of nitro groups is 1. The molecule has 0 saturated carbocycles. The van der Waals surface area contributed by atoms with Gasteiger partial charge >= 0.3 is 0 Å². The Morgan fingerprint density at radius 2 is 2.00 bits per heavy atom. The summed E-state index contributed by atoms with van der Waals surface area (Å²) in [5.74, 6) is 0. The van der Waals surface area contributed by atoms with Gasteiger partial charge in [0.2, 0.25) is 0 Å². The van der Waals surface area contributed by atoms with Gasteiger partial charge in [0, 0.05) is 19.3 Å². The molecule has 92 valence electrons. The van der Waals surface area contributed by atoms with Crippen LogP contribution in [-0.4, -0.2) is 22.9 Å². The van der Waals surface area contributed by atoms with Gasteiger partial charge in [0.05, 0.1) is 4.92 Å². The minimum absolute atomic E-state index is 0.00875. The highest BCUT2D eigenvalue weighted by atomic mass is 16.6. The highest BCUT2D eigenvalue weighted by molar-refractivity contribution is 5.73. The van der Waals surface area contributed by atoms with Crippen LogP contribution in [0.5, 0.6) is 0 Å². The molecule has 0 N–H and O–H groups in total. The summed E-state index contributed by atoms with van der Waals surface area (Å²) < 4.78 is 1.55. The first-order valence-corrected chi connectivity index (χ1v) is 5.25. The van der Waals surface area contributed by atoms with E-state index in [0.717, 1.165) is 0 Å². The largest absolute Gasteiger partial charge is 0.296 e. The number of para-hydroxylation sites is 2. The van der Waals surface area contributed by atoms with Crippen molar-refractivity contribution in [3.05, 3.63) is 58.4 Å². The zero-order valence-corrected chi connectivity index (χ0v) is 9.69. The van der Waals surface area contributed by atoms with E-state index in [1.807, 2.05) is 0 Å². The maximum Gasteiger partial charge on any atom is 0.294 e. The van der Waals surface area contributed by atoms with Gasteiger partial charge in [-0.05, 0) is 18.2 Å². The van der Waals surface area contributed by atoms with E-state index in [-0.39, 0.29) is 5.69 Å². The first-order valence-electron chi connectivity index (χ1n) is 5.25. The van der Waals surface area contributed by atoms with Crippen LogP contribution in [0.25, 0.3) is 0 Å². The lowest BCUT2D eigenvalue weighted by Gasteiger charge is -2.21. The van der Waals surface area contributed by atoms with Crippen molar-refractivity contribution in [2.75, 3.05) is 12.1 Å². The highest BCUT2D eigenvalue weighted by Crippen LogP contribution is 2.27. The molecule has 2 aromatic rings. The van der Waals surface area contributed by atoms with Crippen LogP contribution in [0, 0.1) is 10.1 Å². The number of benzene rings is 1. The lowest BCUT2D eigenvalue weighted by Crippen LogP contribution is -2.26. The van der Waals surface area contributed by atoms with E-state index in [9.17, 15) is 14.9 Å². The van der Waals surface area contributed by atoms with Crippen molar-refractivity contribution in [2.45, 2.75) is 0 Å². The topological polar surface area (TPSA) is 68.4 Å². The fraction of sp³-hybridized carbons (Fsp3) is 0.0833. The molecule has 0 atom stereocenters. The number of aromatic nitrogens is 1. The lowest BCUT2D eigenvalue weighted by atomic mass is 10.2. The second-order valence-corrected chi connectivity index (χ2v) is 3.66. The van der Waals surface area contributed by atoms with Crippen molar-refractivity contribution in [1.29, 1.82) is 0 Å². The molecular formula is C12H11N3O3. The molecule has 18 heavy (non-hydrogen) atoms. The minimum Gasteiger partial charge on any atom is -0.296 e. The maximum absolute atomic E-state index is 11.0. The van der Waals surface area contributed by atoms with E-state index in [2.05, 4.69) is 0 Å². The fourth-order valence-electron chi connectivity index (χ4n) is 1.76. The van der Waals surface area contributed by atoms with Gasteiger partial charge < -0.3 is 0 Å². The molecule has 2 rings (SSSR count). The van der Waals surface area contributed by atoms with Crippen LogP contribution in [0.1, 0.15) is 10.5 Å². The molecule has 0 spiro atoms. The monoisotopic (exact) mass is 245 g/mol. The van der Waals surface area contributed by atoms with Gasteiger partial charge in [-0.15, -0.1) is 0 Å². The SMILES string of the molecule is CN(c1ccccc1[N+](=O)[O-])n1cccc1C=O. The molecule has 1 aromatic heterocycles. The van der Waals surface area contributed by atoms with Crippen LogP contribution in [0.2, 0.25) is 0 Å². The van der Waals surface area contributed by atoms with E-state index in [1.165, 1.54) is 6.07 Å². The van der Waals surface area contributed by atoms with Crippen LogP contribution in [0.4, 0.5) is 11.4 Å². The van der Waals surface area contributed by atoms with Crippen LogP contribution in [0.3, 0.4) is 0 Å². The Hall–Kier alpha value is -2.63. The fourth-order valence-corrected chi connectivity index (χ4v) is 1.76. The number of nitro benzene ring substituents is 1. The molecule has 6 nitrogen and oxygen atoms in total. The minimum atomic E-state index is -0.448. The number of nitrogens with zero attached hydrogens (tertiary/aromatic N) is 3. The number of carbonyl (C=O) groups is 1. The van der Waals surface area contributed by atoms with Crippen molar-refractivity contribution >= 4 is 17.7 Å². The summed E-state index contributed by atoms with van der Waals surface area (Å²) in [4.78, 5) is 21.4. The molecule has 0 aliphatic carbocycles. The Balaban J connectivity index is 2.49. The van der Waals surface area contributed by atoms with E-state index in [4.69, 9.17) is 0 Å². The number of hydrogen-bond donors (Lipinski definition) is 0. The van der Waals surface area contributed by atoms with E-state index in [0.29, 0.717) is 17.7 Å². The summed E-state index contributed by atoms with van der Waals surface area (Å²) in [7, 11) is 1.66. The van der Waals surface area contributed by atoms with E-state index in [1.54, 1.807) is 53.3 Å². The van der Waals surface area contributed by atoms with Gasteiger partial charge in [0.1, 0.15) is 11.4 Å². The van der Waals surface area contributed by atoms with E-state index >= 15 is 0 Å². The summed E-state index contributed by atoms with van der Waals surface area (Å²) in [6.45, 7) is 0. The summed E-state index contributed by atoms with van der Waals surface area (Å²) >= 11 is 0. The van der Waals surface area contributed by atoms with Crippen LogP contribution >= 0.6 is 0 Å². The van der Waals surface area contributed by atoms with Crippen molar-refractivity contribution in [2.24, 2.45) is 0 Å². The summed E-state index contributed by atoms with van der Waals surface area (Å²) in [6, 6.07) is 9.71. The molecule has 0 aliphatic heterocycles. The first kappa shape index (κ1) is 11.8. The lowest BCUT2D eigenvalue weighted by molar-refractivity contribution is -0.384. The molecule has 1 aromatic carbocycles. The molecule has 0 amide bonds. The smallest absolute Gasteiger partial charge is 0.294 e. The number of hydrogen-bond acceptors (Lipinski definition) is 4. The molecule has 1 heterocycles. The predicted molar refractivity (Wildman–Crippen MR) is 66.7 cm³/mol. The normalized spacial score (nSPS) is 10.1. The van der Waals surface area contributed by atoms with Crippen LogP contribution in [-0.2, 0) is 0 Å². The Morgan fingerprint density at radius 3 is 2.67 bits per heavy atom. The third-order valence-electron chi connectivity index (χ3n) is 2.63. The second-order valence-electron chi connectivity index (χ2n) is 3.66. The second kappa shape index (κ2) is 4.70. The van der Waals surface area contributed by atoms with Gasteiger partial charge in [0.25, 0.3) is 5.69 Å². The molecule has 0 aliphatic rings. The summed E-state index contributed by atoms with van der Waals surface area (Å²) in [6.07, 6.45) is 2.37. The summed E-state index contributed by atoms with van der Waals surface area (Å²) in [5, 5.41) is 12.5. The maximum atomic E-state index is 11.0. The van der Waals surface area contributed by atoms with Crippen molar-refractivity contribution in [1.82, 2.24) is 4.68 Å². The Bertz CT molecular complexity index is 592. The zero-order chi connectivity index (χ0) is 13.1. The Labute approximate surface area is 103 Å². The Morgan fingerprint density at radius 1 is 1.28 bits per heavy atom. The van der Waals surface area contributed by atoms with Crippen molar-refractivity contribution in [3.8, 4) is 0 Å². The number of anilines is 1. The molecule has 6 heteroatoms. The standard InChI is InChI=1S/C12H11N3O3/c1-13(14-8-4-5-10(14)9-16)11-6-2-3-7-12(11)15(17)18/h2-9H,1H3. The average molecular weight is 245 g/mol. The van der Waals surface area contributed by atoms with Gasteiger partial charge in [0.15, 0.2) is 6.29 Å². The number of aldehydes is 1. The van der Waals surface area contributed by atoms with E-state index < -0.39 is 4.92 Å². The Kier molecular flexibility index (Phi) is 3.09. The third kappa shape index (κ3) is 1.95.